The highest BCUT2D eigenvalue weighted by Crippen LogP contribution is 2.29. The van der Waals surface area contributed by atoms with Crippen LogP contribution in [-0.2, 0) is 13.2 Å². The SMILES string of the molecule is CC(C)(C)CC(C)(C)NCc1cc(Cl)ccc1OCc1ccccc1Cl.Cl. The van der Waals surface area contributed by atoms with Gasteiger partial charge >= 0.3 is 0 Å². The Bertz CT molecular complexity index is 739. The molecule has 0 aliphatic rings. The molecule has 0 aromatic heterocycles. The summed E-state index contributed by atoms with van der Waals surface area (Å²) in [6.45, 7) is 12.4. The Labute approximate surface area is 180 Å². The fraction of sp³-hybridized carbons (Fsp3) is 0.455. The fourth-order valence-electron chi connectivity index (χ4n) is 3.32. The lowest BCUT2D eigenvalue weighted by Gasteiger charge is -2.33. The van der Waals surface area contributed by atoms with Gasteiger partial charge in [-0.05, 0) is 49.9 Å². The maximum absolute atomic E-state index is 6.22. The van der Waals surface area contributed by atoms with Crippen LogP contribution in [-0.4, -0.2) is 5.54 Å². The number of benzene rings is 2. The summed E-state index contributed by atoms with van der Waals surface area (Å²) in [7, 11) is 0. The third-order valence-electron chi connectivity index (χ3n) is 4.09. The zero-order valence-electron chi connectivity index (χ0n) is 16.7. The molecular weight excluding hydrogens is 401 g/mol. The lowest BCUT2D eigenvalue weighted by molar-refractivity contribution is 0.238. The van der Waals surface area contributed by atoms with E-state index in [-0.39, 0.29) is 23.4 Å². The van der Waals surface area contributed by atoms with Crippen LogP contribution in [0.2, 0.25) is 10.0 Å². The smallest absolute Gasteiger partial charge is 0.124 e. The van der Waals surface area contributed by atoms with Gasteiger partial charge in [-0.3, -0.25) is 0 Å². The standard InChI is InChI=1S/C22H29Cl2NO.ClH/c1-21(2,3)15-22(4,5)25-13-17-12-18(23)10-11-20(17)26-14-16-8-6-7-9-19(16)24;/h6-12,25H,13-15H2,1-5H3;1H. The molecule has 2 aromatic rings. The van der Waals surface area contributed by atoms with Gasteiger partial charge in [0.1, 0.15) is 12.4 Å². The van der Waals surface area contributed by atoms with Crippen molar-refractivity contribution in [2.24, 2.45) is 5.41 Å². The minimum atomic E-state index is 0. The predicted octanol–water partition coefficient (Wildman–Crippen LogP) is 7.30. The van der Waals surface area contributed by atoms with Crippen molar-refractivity contribution >= 4 is 35.6 Å². The summed E-state index contributed by atoms with van der Waals surface area (Å²) in [6.07, 6.45) is 1.07. The van der Waals surface area contributed by atoms with Crippen molar-refractivity contribution in [2.75, 3.05) is 0 Å². The van der Waals surface area contributed by atoms with Crippen LogP contribution < -0.4 is 10.1 Å². The summed E-state index contributed by atoms with van der Waals surface area (Å²) in [6, 6.07) is 13.5. The molecule has 0 spiro atoms. The van der Waals surface area contributed by atoms with Gasteiger partial charge in [0.05, 0.1) is 0 Å². The van der Waals surface area contributed by atoms with Gasteiger partial charge in [-0.15, -0.1) is 12.4 Å². The van der Waals surface area contributed by atoms with Gasteiger partial charge in [0.2, 0.25) is 0 Å². The molecule has 0 heterocycles. The molecule has 150 valence electrons. The summed E-state index contributed by atoms with van der Waals surface area (Å²) in [5.41, 5.74) is 2.29. The molecular formula is C22H30Cl3NO. The van der Waals surface area contributed by atoms with E-state index >= 15 is 0 Å². The number of nitrogens with one attached hydrogen (secondary N) is 1. The Morgan fingerprint density at radius 3 is 2.22 bits per heavy atom. The highest BCUT2D eigenvalue weighted by Gasteiger charge is 2.25. The monoisotopic (exact) mass is 429 g/mol. The van der Waals surface area contributed by atoms with Crippen LogP contribution in [0.1, 0.15) is 52.2 Å². The minimum absolute atomic E-state index is 0. The number of rotatable bonds is 7. The maximum Gasteiger partial charge on any atom is 0.124 e. The van der Waals surface area contributed by atoms with Crippen LogP contribution in [0.3, 0.4) is 0 Å². The van der Waals surface area contributed by atoms with E-state index in [1.165, 1.54) is 0 Å². The van der Waals surface area contributed by atoms with E-state index in [0.29, 0.717) is 23.2 Å². The molecule has 0 aliphatic carbocycles. The maximum atomic E-state index is 6.22. The van der Waals surface area contributed by atoms with Crippen molar-refractivity contribution in [3.05, 3.63) is 63.6 Å². The molecule has 2 aromatic carbocycles. The zero-order valence-corrected chi connectivity index (χ0v) is 19.1. The van der Waals surface area contributed by atoms with Crippen molar-refractivity contribution < 1.29 is 4.74 Å². The van der Waals surface area contributed by atoms with E-state index in [2.05, 4.69) is 39.9 Å². The van der Waals surface area contributed by atoms with Gasteiger partial charge in [0.25, 0.3) is 0 Å². The normalized spacial score (nSPS) is 11.8. The molecule has 0 atom stereocenters. The Balaban J connectivity index is 0.00000364. The van der Waals surface area contributed by atoms with E-state index in [9.17, 15) is 0 Å². The first-order chi connectivity index (χ1) is 12.1. The molecule has 2 rings (SSSR count). The van der Waals surface area contributed by atoms with Crippen molar-refractivity contribution in [3.63, 3.8) is 0 Å². The van der Waals surface area contributed by atoms with E-state index in [1.54, 1.807) is 0 Å². The summed E-state index contributed by atoms with van der Waals surface area (Å²) in [5, 5.41) is 5.07. The molecule has 5 heteroatoms. The van der Waals surface area contributed by atoms with E-state index < -0.39 is 0 Å². The summed E-state index contributed by atoms with van der Waals surface area (Å²) in [5.74, 6) is 0.827. The molecule has 0 saturated heterocycles. The quantitative estimate of drug-likeness (QED) is 0.497. The first kappa shape index (κ1) is 24.1. The van der Waals surface area contributed by atoms with E-state index in [4.69, 9.17) is 27.9 Å². The average molecular weight is 431 g/mol. The lowest BCUT2D eigenvalue weighted by Crippen LogP contribution is -2.41. The highest BCUT2D eigenvalue weighted by molar-refractivity contribution is 6.31. The summed E-state index contributed by atoms with van der Waals surface area (Å²) < 4.78 is 6.04. The number of hydrogen-bond acceptors (Lipinski definition) is 2. The summed E-state index contributed by atoms with van der Waals surface area (Å²) >= 11 is 12.4. The Kier molecular flexibility index (Phi) is 8.95. The van der Waals surface area contributed by atoms with Gasteiger partial charge in [-0.25, -0.2) is 0 Å². The van der Waals surface area contributed by atoms with Crippen molar-refractivity contribution in [1.29, 1.82) is 0 Å². The molecule has 0 bridgehead atoms. The second kappa shape index (κ2) is 10.0. The van der Waals surface area contributed by atoms with Crippen molar-refractivity contribution in [1.82, 2.24) is 5.32 Å². The van der Waals surface area contributed by atoms with Gasteiger partial charge in [-0.1, -0.05) is 62.2 Å². The van der Waals surface area contributed by atoms with E-state index in [0.717, 1.165) is 23.3 Å². The van der Waals surface area contributed by atoms with Gasteiger partial charge in [0, 0.05) is 33.3 Å². The van der Waals surface area contributed by atoms with Crippen LogP contribution in [0.5, 0.6) is 5.75 Å². The largest absolute Gasteiger partial charge is 0.489 e. The van der Waals surface area contributed by atoms with Crippen LogP contribution >= 0.6 is 35.6 Å². The molecule has 0 fully saturated rings. The van der Waals surface area contributed by atoms with Crippen LogP contribution in [0, 0.1) is 5.41 Å². The van der Waals surface area contributed by atoms with Crippen molar-refractivity contribution in [3.8, 4) is 5.75 Å². The van der Waals surface area contributed by atoms with Gasteiger partial charge in [-0.2, -0.15) is 0 Å². The van der Waals surface area contributed by atoms with E-state index in [1.807, 2.05) is 42.5 Å². The molecule has 27 heavy (non-hydrogen) atoms. The first-order valence-corrected chi connectivity index (χ1v) is 9.71. The molecule has 0 amide bonds. The topological polar surface area (TPSA) is 21.3 Å². The second-order valence-electron chi connectivity index (χ2n) is 8.61. The fourth-order valence-corrected chi connectivity index (χ4v) is 3.71. The molecule has 0 unspecified atom stereocenters. The van der Waals surface area contributed by atoms with Gasteiger partial charge in [0.15, 0.2) is 0 Å². The zero-order chi connectivity index (χ0) is 19.4. The lowest BCUT2D eigenvalue weighted by atomic mass is 9.82. The van der Waals surface area contributed by atoms with Gasteiger partial charge < -0.3 is 10.1 Å². The Morgan fingerprint density at radius 2 is 1.59 bits per heavy atom. The number of ether oxygens (including phenoxy) is 1. The highest BCUT2D eigenvalue weighted by atomic mass is 35.5. The van der Waals surface area contributed by atoms with Crippen molar-refractivity contribution in [2.45, 2.75) is 59.7 Å². The Hall–Kier alpha value is -0.930. The Morgan fingerprint density at radius 1 is 0.926 bits per heavy atom. The number of halogens is 3. The molecule has 2 nitrogen and oxygen atoms in total. The average Bonchev–Trinajstić information content (AvgIpc) is 2.51. The molecule has 0 saturated carbocycles. The summed E-state index contributed by atoms with van der Waals surface area (Å²) in [4.78, 5) is 0. The molecule has 1 N–H and O–H groups in total. The molecule has 0 aliphatic heterocycles. The van der Waals surface area contributed by atoms with Crippen LogP contribution in [0.25, 0.3) is 0 Å². The van der Waals surface area contributed by atoms with Crippen LogP contribution in [0.15, 0.2) is 42.5 Å². The third kappa shape index (κ3) is 8.31. The number of hydrogen-bond donors (Lipinski definition) is 1. The predicted molar refractivity (Wildman–Crippen MR) is 119 cm³/mol. The first-order valence-electron chi connectivity index (χ1n) is 8.95. The molecule has 0 radical (unpaired) electrons. The third-order valence-corrected chi connectivity index (χ3v) is 4.70. The second-order valence-corrected chi connectivity index (χ2v) is 9.45. The van der Waals surface area contributed by atoms with Crippen LogP contribution in [0.4, 0.5) is 0 Å². The minimum Gasteiger partial charge on any atom is -0.489 e.